The van der Waals surface area contributed by atoms with Crippen molar-refractivity contribution in [2.45, 2.75) is 25.9 Å². The lowest BCUT2D eigenvalue weighted by Gasteiger charge is -2.17. The topological polar surface area (TPSA) is 38.3 Å². The van der Waals surface area contributed by atoms with E-state index in [1.165, 1.54) is 29.8 Å². The number of rotatable bonds is 6. The maximum absolute atomic E-state index is 12.8. The van der Waals surface area contributed by atoms with E-state index in [0.29, 0.717) is 12.3 Å². The molecule has 116 valence electrons. The van der Waals surface area contributed by atoms with Crippen LogP contribution in [0.1, 0.15) is 25.3 Å². The molecule has 0 spiro atoms. The van der Waals surface area contributed by atoms with Crippen LogP contribution in [0.2, 0.25) is 0 Å². The number of nitrogens with one attached hydrogen (secondary N) is 1. The minimum Gasteiger partial charge on any atom is -0.481 e. The van der Waals surface area contributed by atoms with Gasteiger partial charge in [-0.05, 0) is 42.7 Å². The van der Waals surface area contributed by atoms with Gasteiger partial charge in [-0.1, -0.05) is 37.3 Å². The third-order valence-electron chi connectivity index (χ3n) is 3.45. The van der Waals surface area contributed by atoms with Gasteiger partial charge in [0.15, 0.2) is 6.10 Å². The molecule has 2 rings (SSSR count). The molecule has 3 nitrogen and oxygen atoms in total. The highest BCUT2D eigenvalue weighted by atomic mass is 19.1. The molecular weight excluding hydrogens is 281 g/mol. The van der Waals surface area contributed by atoms with Gasteiger partial charge in [-0.3, -0.25) is 4.79 Å². The van der Waals surface area contributed by atoms with Gasteiger partial charge in [0.25, 0.3) is 5.91 Å². The highest BCUT2D eigenvalue weighted by Crippen LogP contribution is 2.14. The SMILES string of the molecule is C[C@@H](Oc1ccc(F)cc1)C(=O)NC[C@H](C)c1ccccc1. The molecule has 0 saturated carbocycles. The molecule has 2 atom stereocenters. The zero-order chi connectivity index (χ0) is 15.9. The summed E-state index contributed by atoms with van der Waals surface area (Å²) in [6.07, 6.45) is -0.631. The first-order valence-electron chi connectivity index (χ1n) is 7.31. The van der Waals surface area contributed by atoms with Crippen LogP contribution in [0.25, 0.3) is 0 Å². The van der Waals surface area contributed by atoms with Gasteiger partial charge in [0.2, 0.25) is 0 Å². The Kier molecular flexibility index (Phi) is 5.53. The zero-order valence-corrected chi connectivity index (χ0v) is 12.8. The Morgan fingerprint density at radius 3 is 2.36 bits per heavy atom. The second-order valence-corrected chi connectivity index (χ2v) is 5.27. The quantitative estimate of drug-likeness (QED) is 0.886. The summed E-state index contributed by atoms with van der Waals surface area (Å²) >= 11 is 0. The van der Waals surface area contributed by atoms with Crippen LogP contribution < -0.4 is 10.1 Å². The Bertz CT molecular complexity index is 598. The van der Waals surface area contributed by atoms with E-state index in [1.54, 1.807) is 6.92 Å². The lowest BCUT2D eigenvalue weighted by Crippen LogP contribution is -2.38. The molecule has 0 saturated heterocycles. The number of carbonyl (C=O) groups is 1. The maximum Gasteiger partial charge on any atom is 0.260 e. The number of amides is 1. The predicted molar refractivity (Wildman–Crippen MR) is 84.4 cm³/mol. The van der Waals surface area contributed by atoms with Crippen molar-refractivity contribution in [1.82, 2.24) is 5.32 Å². The van der Waals surface area contributed by atoms with Crippen molar-refractivity contribution >= 4 is 5.91 Å². The summed E-state index contributed by atoms with van der Waals surface area (Å²) in [5.41, 5.74) is 1.18. The molecule has 0 unspecified atom stereocenters. The average Bonchev–Trinajstić information content (AvgIpc) is 2.55. The van der Waals surface area contributed by atoms with Gasteiger partial charge in [0.05, 0.1) is 0 Å². The standard InChI is InChI=1S/C18H20FNO2/c1-13(15-6-4-3-5-7-15)12-20-18(21)14(2)22-17-10-8-16(19)9-11-17/h3-11,13-14H,12H2,1-2H3,(H,20,21)/t13-,14+/m0/s1. The first-order chi connectivity index (χ1) is 10.6. The molecule has 1 N–H and O–H groups in total. The molecule has 0 aliphatic rings. The summed E-state index contributed by atoms with van der Waals surface area (Å²) in [7, 11) is 0. The third kappa shape index (κ3) is 4.58. The molecule has 1 amide bonds. The van der Waals surface area contributed by atoms with Crippen LogP contribution in [-0.4, -0.2) is 18.6 Å². The van der Waals surface area contributed by atoms with Crippen molar-refractivity contribution in [3.63, 3.8) is 0 Å². The minimum atomic E-state index is -0.631. The van der Waals surface area contributed by atoms with Gasteiger partial charge in [-0.2, -0.15) is 0 Å². The van der Waals surface area contributed by atoms with E-state index in [-0.39, 0.29) is 17.6 Å². The Labute approximate surface area is 130 Å². The first-order valence-corrected chi connectivity index (χ1v) is 7.31. The molecule has 2 aromatic carbocycles. The molecule has 0 aromatic heterocycles. The molecule has 0 fully saturated rings. The Balaban J connectivity index is 1.82. The summed E-state index contributed by atoms with van der Waals surface area (Å²) in [5.74, 6) is 0.177. The summed E-state index contributed by atoms with van der Waals surface area (Å²) in [4.78, 5) is 12.0. The predicted octanol–water partition coefficient (Wildman–Crippen LogP) is 3.51. The Morgan fingerprint density at radius 2 is 1.73 bits per heavy atom. The van der Waals surface area contributed by atoms with Crippen LogP contribution in [-0.2, 0) is 4.79 Å². The molecule has 0 aliphatic carbocycles. The Hall–Kier alpha value is -2.36. The summed E-state index contributed by atoms with van der Waals surface area (Å²) in [5, 5.41) is 2.87. The highest BCUT2D eigenvalue weighted by Gasteiger charge is 2.15. The van der Waals surface area contributed by atoms with Gasteiger partial charge in [-0.25, -0.2) is 4.39 Å². The lowest BCUT2D eigenvalue weighted by atomic mass is 10.0. The fourth-order valence-corrected chi connectivity index (χ4v) is 2.07. The maximum atomic E-state index is 12.8. The second-order valence-electron chi connectivity index (χ2n) is 5.27. The van der Waals surface area contributed by atoms with E-state index < -0.39 is 6.10 Å². The molecule has 0 bridgehead atoms. The number of ether oxygens (including phenoxy) is 1. The summed E-state index contributed by atoms with van der Waals surface area (Å²) in [6, 6.07) is 15.6. The smallest absolute Gasteiger partial charge is 0.260 e. The van der Waals surface area contributed by atoms with Crippen molar-refractivity contribution in [2.24, 2.45) is 0 Å². The van der Waals surface area contributed by atoms with Crippen LogP contribution in [0.4, 0.5) is 4.39 Å². The van der Waals surface area contributed by atoms with Gasteiger partial charge in [0.1, 0.15) is 11.6 Å². The summed E-state index contributed by atoms with van der Waals surface area (Å²) < 4.78 is 18.3. The van der Waals surface area contributed by atoms with Crippen molar-refractivity contribution in [2.75, 3.05) is 6.54 Å². The van der Waals surface area contributed by atoms with Gasteiger partial charge in [-0.15, -0.1) is 0 Å². The largest absolute Gasteiger partial charge is 0.481 e. The van der Waals surface area contributed by atoms with Crippen LogP contribution in [0.3, 0.4) is 0 Å². The summed E-state index contributed by atoms with van der Waals surface area (Å²) in [6.45, 7) is 4.27. The van der Waals surface area contributed by atoms with E-state index in [9.17, 15) is 9.18 Å². The minimum absolute atomic E-state index is 0.188. The van der Waals surface area contributed by atoms with E-state index in [1.807, 2.05) is 30.3 Å². The van der Waals surface area contributed by atoms with Crippen LogP contribution in [0.5, 0.6) is 5.75 Å². The van der Waals surface area contributed by atoms with E-state index >= 15 is 0 Å². The number of halogens is 1. The van der Waals surface area contributed by atoms with Crippen molar-refractivity contribution < 1.29 is 13.9 Å². The van der Waals surface area contributed by atoms with Gasteiger partial charge in [0, 0.05) is 6.54 Å². The second kappa shape index (κ2) is 7.59. The normalized spacial score (nSPS) is 13.2. The lowest BCUT2D eigenvalue weighted by molar-refractivity contribution is -0.127. The van der Waals surface area contributed by atoms with Crippen LogP contribution >= 0.6 is 0 Å². The van der Waals surface area contributed by atoms with E-state index in [2.05, 4.69) is 12.2 Å². The molecule has 4 heteroatoms. The van der Waals surface area contributed by atoms with E-state index in [0.717, 1.165) is 0 Å². The zero-order valence-electron chi connectivity index (χ0n) is 12.8. The molecular formula is C18H20FNO2. The Morgan fingerprint density at radius 1 is 1.09 bits per heavy atom. The number of benzene rings is 2. The number of hydrogen-bond donors (Lipinski definition) is 1. The molecule has 0 radical (unpaired) electrons. The monoisotopic (exact) mass is 301 g/mol. The number of hydrogen-bond acceptors (Lipinski definition) is 2. The van der Waals surface area contributed by atoms with Crippen molar-refractivity contribution in [3.8, 4) is 5.75 Å². The van der Waals surface area contributed by atoms with Gasteiger partial charge < -0.3 is 10.1 Å². The van der Waals surface area contributed by atoms with Gasteiger partial charge >= 0.3 is 0 Å². The average molecular weight is 301 g/mol. The fraction of sp³-hybridized carbons (Fsp3) is 0.278. The van der Waals surface area contributed by atoms with Crippen LogP contribution in [0.15, 0.2) is 54.6 Å². The van der Waals surface area contributed by atoms with Crippen molar-refractivity contribution in [1.29, 1.82) is 0 Å². The van der Waals surface area contributed by atoms with Crippen molar-refractivity contribution in [3.05, 3.63) is 66.0 Å². The molecule has 0 heterocycles. The molecule has 0 aliphatic heterocycles. The number of carbonyl (C=O) groups excluding carboxylic acids is 1. The fourth-order valence-electron chi connectivity index (χ4n) is 2.07. The molecule has 2 aromatic rings. The van der Waals surface area contributed by atoms with E-state index in [4.69, 9.17) is 4.74 Å². The first kappa shape index (κ1) is 16.0. The highest BCUT2D eigenvalue weighted by molar-refractivity contribution is 5.80. The third-order valence-corrected chi connectivity index (χ3v) is 3.45. The van der Waals surface area contributed by atoms with Crippen LogP contribution in [0, 0.1) is 5.82 Å². The molecule has 22 heavy (non-hydrogen) atoms.